The summed E-state index contributed by atoms with van der Waals surface area (Å²) in [4.78, 5) is 11.5. The van der Waals surface area contributed by atoms with E-state index in [2.05, 4.69) is 0 Å². The first kappa shape index (κ1) is 11.7. The van der Waals surface area contributed by atoms with Crippen molar-refractivity contribution in [1.29, 1.82) is 0 Å². The highest BCUT2D eigenvalue weighted by atomic mass is 32.2. The lowest BCUT2D eigenvalue weighted by Gasteiger charge is -2.20. The van der Waals surface area contributed by atoms with Crippen LogP contribution in [0.4, 0.5) is 0 Å². The molecule has 1 N–H and O–H groups in total. The van der Waals surface area contributed by atoms with Crippen LogP contribution in [-0.4, -0.2) is 37.4 Å². The minimum absolute atomic E-state index is 0.00872. The number of carbonyl (C=O) groups excluding carboxylic acids is 1. The molecule has 5 heteroatoms. The molecule has 0 aliphatic carbocycles. The average molecular weight is 220 g/mol. The Kier molecular flexibility index (Phi) is 4.07. The number of hydrogen-bond acceptors (Lipinski definition) is 4. The fourth-order valence-electron chi connectivity index (χ4n) is 1.73. The van der Waals surface area contributed by atoms with E-state index in [1.165, 1.54) is 0 Å². The zero-order valence-corrected chi connectivity index (χ0v) is 8.92. The van der Waals surface area contributed by atoms with E-state index in [9.17, 15) is 13.2 Å². The number of aliphatic hydroxyl groups excluding tert-OH is 1. The maximum absolute atomic E-state index is 11.5. The molecule has 0 amide bonds. The van der Waals surface area contributed by atoms with Crippen LogP contribution in [0.1, 0.15) is 25.7 Å². The number of carbonyl (C=O) groups is 1. The number of Topliss-reactive ketones (excluding diaryl/α,β-unsaturated/α-hetero) is 1. The minimum Gasteiger partial charge on any atom is -0.396 e. The molecule has 0 aromatic heterocycles. The van der Waals surface area contributed by atoms with E-state index >= 15 is 0 Å². The molecule has 1 rings (SSSR count). The zero-order chi connectivity index (χ0) is 10.6. The third kappa shape index (κ3) is 3.38. The molecule has 1 aliphatic heterocycles. The third-order valence-corrected chi connectivity index (χ3v) is 4.32. The predicted octanol–water partition coefficient (Wildman–Crippen LogP) is 0.153. The molecule has 1 fully saturated rings. The van der Waals surface area contributed by atoms with E-state index in [-0.39, 0.29) is 29.8 Å². The highest BCUT2D eigenvalue weighted by Crippen LogP contribution is 2.20. The molecular formula is C9H16O4S. The van der Waals surface area contributed by atoms with Gasteiger partial charge in [0, 0.05) is 18.9 Å². The maximum Gasteiger partial charge on any atom is 0.151 e. The molecule has 0 spiro atoms. The van der Waals surface area contributed by atoms with Gasteiger partial charge in [0.15, 0.2) is 9.84 Å². The lowest BCUT2D eigenvalue weighted by atomic mass is 9.97. The molecule has 82 valence electrons. The van der Waals surface area contributed by atoms with Crippen LogP contribution in [0.15, 0.2) is 0 Å². The normalized spacial score (nSPS) is 25.9. The Balaban J connectivity index is 2.48. The Morgan fingerprint density at radius 3 is 2.71 bits per heavy atom. The summed E-state index contributed by atoms with van der Waals surface area (Å²) >= 11 is 0. The van der Waals surface area contributed by atoms with Crippen molar-refractivity contribution in [3.63, 3.8) is 0 Å². The van der Waals surface area contributed by atoms with Crippen molar-refractivity contribution >= 4 is 15.6 Å². The number of aliphatic hydroxyl groups is 1. The van der Waals surface area contributed by atoms with Crippen LogP contribution in [0.3, 0.4) is 0 Å². The maximum atomic E-state index is 11.5. The van der Waals surface area contributed by atoms with Gasteiger partial charge in [-0.15, -0.1) is 0 Å². The van der Waals surface area contributed by atoms with Crippen molar-refractivity contribution in [3.05, 3.63) is 0 Å². The molecule has 14 heavy (non-hydrogen) atoms. The van der Waals surface area contributed by atoms with Crippen molar-refractivity contribution in [1.82, 2.24) is 0 Å². The van der Waals surface area contributed by atoms with Gasteiger partial charge in [0.25, 0.3) is 0 Å². The van der Waals surface area contributed by atoms with E-state index in [1.54, 1.807) is 0 Å². The smallest absolute Gasteiger partial charge is 0.151 e. The highest BCUT2D eigenvalue weighted by molar-refractivity contribution is 7.91. The fraction of sp³-hybridized carbons (Fsp3) is 0.889. The summed E-state index contributed by atoms with van der Waals surface area (Å²) in [5.41, 5.74) is 0. The first-order valence-electron chi connectivity index (χ1n) is 4.89. The summed E-state index contributed by atoms with van der Waals surface area (Å²) < 4.78 is 22.5. The van der Waals surface area contributed by atoms with Crippen molar-refractivity contribution in [2.24, 2.45) is 5.92 Å². The SMILES string of the molecule is O=C(CCCO)C1CCCS(=O)(=O)C1. The fourth-order valence-corrected chi connectivity index (χ4v) is 3.47. The first-order chi connectivity index (χ1) is 6.55. The quantitative estimate of drug-likeness (QED) is 0.732. The van der Waals surface area contributed by atoms with Gasteiger partial charge in [-0.3, -0.25) is 4.79 Å². The van der Waals surface area contributed by atoms with E-state index in [0.29, 0.717) is 25.7 Å². The Hall–Kier alpha value is -0.420. The predicted molar refractivity (Wildman–Crippen MR) is 52.7 cm³/mol. The standard InChI is InChI=1S/C9H16O4S/c10-5-1-4-9(11)8-3-2-6-14(12,13)7-8/h8,10H,1-7H2. The van der Waals surface area contributed by atoms with Crippen LogP contribution in [-0.2, 0) is 14.6 Å². The molecule has 4 nitrogen and oxygen atoms in total. The molecule has 0 aromatic carbocycles. The first-order valence-corrected chi connectivity index (χ1v) is 6.71. The Labute approximate surface area is 84.2 Å². The Morgan fingerprint density at radius 2 is 2.14 bits per heavy atom. The largest absolute Gasteiger partial charge is 0.396 e. The minimum atomic E-state index is -2.99. The Morgan fingerprint density at radius 1 is 1.43 bits per heavy atom. The molecule has 0 saturated carbocycles. The van der Waals surface area contributed by atoms with E-state index < -0.39 is 9.84 Å². The summed E-state index contributed by atoms with van der Waals surface area (Å²) in [6, 6.07) is 0. The van der Waals surface area contributed by atoms with Crippen LogP contribution in [0.2, 0.25) is 0 Å². The van der Waals surface area contributed by atoms with Gasteiger partial charge in [0.2, 0.25) is 0 Å². The summed E-state index contributed by atoms with van der Waals surface area (Å²) in [6.07, 6.45) is 2.02. The molecule has 1 saturated heterocycles. The number of sulfone groups is 1. The number of rotatable bonds is 4. The summed E-state index contributed by atoms with van der Waals surface area (Å²) in [5.74, 6) is -0.101. The molecule has 0 radical (unpaired) electrons. The van der Waals surface area contributed by atoms with Crippen LogP contribution < -0.4 is 0 Å². The topological polar surface area (TPSA) is 71.4 Å². The summed E-state index contributed by atoms with van der Waals surface area (Å²) in [5, 5.41) is 8.55. The summed E-state index contributed by atoms with van der Waals surface area (Å²) in [7, 11) is -2.99. The van der Waals surface area contributed by atoms with Crippen LogP contribution in [0.5, 0.6) is 0 Å². The second-order valence-electron chi connectivity index (χ2n) is 3.75. The van der Waals surface area contributed by atoms with Crippen molar-refractivity contribution in [2.75, 3.05) is 18.1 Å². The lowest BCUT2D eigenvalue weighted by Crippen LogP contribution is -2.30. The lowest BCUT2D eigenvalue weighted by molar-refractivity contribution is -0.122. The second-order valence-corrected chi connectivity index (χ2v) is 5.98. The van der Waals surface area contributed by atoms with Gasteiger partial charge in [-0.25, -0.2) is 8.42 Å². The van der Waals surface area contributed by atoms with Gasteiger partial charge in [-0.1, -0.05) is 0 Å². The monoisotopic (exact) mass is 220 g/mol. The van der Waals surface area contributed by atoms with Gasteiger partial charge in [-0.2, -0.15) is 0 Å². The van der Waals surface area contributed by atoms with Gasteiger partial charge < -0.3 is 5.11 Å². The number of ketones is 1. The molecule has 0 aromatic rings. The third-order valence-electron chi connectivity index (χ3n) is 2.50. The van der Waals surface area contributed by atoms with Crippen molar-refractivity contribution < 1.29 is 18.3 Å². The zero-order valence-electron chi connectivity index (χ0n) is 8.11. The summed E-state index contributed by atoms with van der Waals surface area (Å²) in [6.45, 7) is -0.00872. The van der Waals surface area contributed by atoms with Gasteiger partial charge in [0.05, 0.1) is 11.5 Å². The van der Waals surface area contributed by atoms with Crippen LogP contribution in [0, 0.1) is 5.92 Å². The van der Waals surface area contributed by atoms with Gasteiger partial charge in [0.1, 0.15) is 5.78 Å². The van der Waals surface area contributed by atoms with Crippen LogP contribution in [0.25, 0.3) is 0 Å². The molecule has 1 aliphatic rings. The molecular weight excluding hydrogens is 204 g/mol. The van der Waals surface area contributed by atoms with Gasteiger partial charge >= 0.3 is 0 Å². The molecule has 0 bridgehead atoms. The van der Waals surface area contributed by atoms with Crippen molar-refractivity contribution in [3.8, 4) is 0 Å². The second kappa shape index (κ2) is 4.89. The van der Waals surface area contributed by atoms with Crippen LogP contribution >= 0.6 is 0 Å². The average Bonchev–Trinajstić information content (AvgIpc) is 2.12. The van der Waals surface area contributed by atoms with Gasteiger partial charge in [-0.05, 0) is 19.3 Å². The molecule has 1 atom stereocenters. The highest BCUT2D eigenvalue weighted by Gasteiger charge is 2.28. The van der Waals surface area contributed by atoms with Crippen molar-refractivity contribution in [2.45, 2.75) is 25.7 Å². The van der Waals surface area contributed by atoms with E-state index in [4.69, 9.17) is 5.11 Å². The number of hydrogen-bond donors (Lipinski definition) is 1. The van der Waals surface area contributed by atoms with E-state index in [1.807, 2.05) is 0 Å². The Bertz CT molecular complexity index is 294. The molecule has 1 heterocycles. The molecule has 1 unspecified atom stereocenters. The van der Waals surface area contributed by atoms with E-state index in [0.717, 1.165) is 0 Å².